The Morgan fingerprint density at radius 2 is 2.10 bits per heavy atom. The van der Waals surface area contributed by atoms with E-state index < -0.39 is 0 Å². The fourth-order valence-electron chi connectivity index (χ4n) is 2.49. The first kappa shape index (κ1) is 15.6. The number of para-hydroxylation sites is 1. The quantitative estimate of drug-likeness (QED) is 0.822. The first-order chi connectivity index (χ1) is 10.1. The van der Waals surface area contributed by atoms with Crippen molar-refractivity contribution in [1.29, 1.82) is 0 Å². The lowest BCUT2D eigenvalue weighted by molar-refractivity contribution is -0.121. The van der Waals surface area contributed by atoms with Crippen molar-refractivity contribution in [3.63, 3.8) is 0 Å². The number of hydrogen-bond donors (Lipinski definition) is 2. The number of rotatable bonds is 7. The highest BCUT2D eigenvalue weighted by molar-refractivity contribution is 5.83. The number of carbonyl (C=O) groups is 1. The largest absolute Gasteiger partial charge is 0.356 e. The molecule has 1 amide bonds. The van der Waals surface area contributed by atoms with E-state index in [4.69, 9.17) is 0 Å². The summed E-state index contributed by atoms with van der Waals surface area (Å²) in [6, 6.07) is 8.94. The number of nitrogens with zero attached hydrogens (tertiary/aromatic N) is 1. The second-order valence-electron chi connectivity index (χ2n) is 5.60. The van der Waals surface area contributed by atoms with Gasteiger partial charge in [0.15, 0.2) is 0 Å². The Labute approximate surface area is 126 Å². The molecule has 2 aromatic rings. The van der Waals surface area contributed by atoms with Crippen molar-refractivity contribution in [2.45, 2.75) is 46.3 Å². The van der Waals surface area contributed by atoms with Crippen LogP contribution in [0.3, 0.4) is 0 Å². The van der Waals surface area contributed by atoms with Crippen molar-refractivity contribution in [2.75, 3.05) is 6.54 Å². The highest BCUT2D eigenvalue weighted by Gasteiger charge is 2.08. The number of amides is 1. The van der Waals surface area contributed by atoms with Gasteiger partial charge in [0.25, 0.3) is 0 Å². The Morgan fingerprint density at radius 1 is 1.29 bits per heavy atom. The zero-order valence-corrected chi connectivity index (χ0v) is 13.1. The van der Waals surface area contributed by atoms with Gasteiger partial charge in [0.05, 0.1) is 5.52 Å². The van der Waals surface area contributed by atoms with Gasteiger partial charge in [-0.05, 0) is 23.9 Å². The maximum absolute atomic E-state index is 11.6. The van der Waals surface area contributed by atoms with Gasteiger partial charge in [-0.2, -0.15) is 0 Å². The topological polar surface area (TPSA) is 46.1 Å². The SMILES string of the molecule is CCNC(=O)CCn1ccc2cccc(CNC(C)C)c21. The van der Waals surface area contributed by atoms with Crippen LogP contribution < -0.4 is 10.6 Å². The second kappa shape index (κ2) is 7.27. The molecule has 0 bridgehead atoms. The third-order valence-corrected chi connectivity index (χ3v) is 3.53. The van der Waals surface area contributed by atoms with E-state index in [1.54, 1.807) is 0 Å². The average molecular weight is 287 g/mol. The van der Waals surface area contributed by atoms with Crippen LogP contribution in [0.25, 0.3) is 10.9 Å². The average Bonchev–Trinajstić information content (AvgIpc) is 2.87. The lowest BCUT2D eigenvalue weighted by Crippen LogP contribution is -2.24. The Bertz CT molecular complexity index is 601. The van der Waals surface area contributed by atoms with Crippen LogP contribution in [0.1, 0.15) is 32.8 Å². The van der Waals surface area contributed by atoms with E-state index in [2.05, 4.69) is 59.5 Å². The van der Waals surface area contributed by atoms with Gasteiger partial charge in [-0.25, -0.2) is 0 Å². The van der Waals surface area contributed by atoms with E-state index in [0.29, 0.717) is 25.6 Å². The first-order valence-electron chi connectivity index (χ1n) is 7.68. The van der Waals surface area contributed by atoms with Crippen molar-refractivity contribution in [1.82, 2.24) is 15.2 Å². The van der Waals surface area contributed by atoms with Gasteiger partial charge in [-0.3, -0.25) is 4.79 Å². The number of benzene rings is 1. The highest BCUT2D eigenvalue weighted by Crippen LogP contribution is 2.21. The molecule has 21 heavy (non-hydrogen) atoms. The first-order valence-corrected chi connectivity index (χ1v) is 7.68. The normalized spacial score (nSPS) is 11.2. The Hall–Kier alpha value is -1.81. The van der Waals surface area contributed by atoms with Crippen molar-refractivity contribution < 1.29 is 4.79 Å². The standard InChI is InChI=1S/C17H25N3O/c1-4-18-16(21)9-11-20-10-8-14-6-5-7-15(17(14)20)12-19-13(2)3/h5-8,10,13,19H,4,9,11-12H2,1-3H3,(H,18,21). The predicted molar refractivity (Wildman–Crippen MR) is 87.2 cm³/mol. The van der Waals surface area contributed by atoms with E-state index in [1.165, 1.54) is 16.5 Å². The number of hydrogen-bond acceptors (Lipinski definition) is 2. The molecular formula is C17H25N3O. The smallest absolute Gasteiger partial charge is 0.221 e. The fourth-order valence-corrected chi connectivity index (χ4v) is 2.49. The van der Waals surface area contributed by atoms with Crippen LogP contribution in [0, 0.1) is 0 Å². The predicted octanol–water partition coefficient (Wildman–Crippen LogP) is 2.67. The van der Waals surface area contributed by atoms with Crippen molar-refractivity contribution in [3.8, 4) is 0 Å². The minimum atomic E-state index is 0.108. The molecule has 0 fully saturated rings. The molecule has 0 aliphatic rings. The van der Waals surface area contributed by atoms with Crippen LogP contribution in [-0.4, -0.2) is 23.1 Å². The van der Waals surface area contributed by atoms with E-state index in [-0.39, 0.29) is 5.91 Å². The van der Waals surface area contributed by atoms with Crippen LogP contribution in [0.5, 0.6) is 0 Å². The summed E-state index contributed by atoms with van der Waals surface area (Å²) in [6.07, 6.45) is 2.59. The van der Waals surface area contributed by atoms with Gasteiger partial charge in [0, 0.05) is 38.3 Å². The number of aromatic nitrogens is 1. The zero-order chi connectivity index (χ0) is 15.2. The van der Waals surface area contributed by atoms with E-state index in [0.717, 1.165) is 6.54 Å². The lowest BCUT2D eigenvalue weighted by Gasteiger charge is -2.12. The molecule has 1 aromatic carbocycles. The van der Waals surface area contributed by atoms with E-state index in [9.17, 15) is 4.79 Å². The maximum atomic E-state index is 11.6. The lowest BCUT2D eigenvalue weighted by atomic mass is 10.1. The summed E-state index contributed by atoms with van der Waals surface area (Å²) in [5, 5.41) is 7.54. The third-order valence-electron chi connectivity index (χ3n) is 3.53. The molecule has 4 nitrogen and oxygen atoms in total. The summed E-state index contributed by atoms with van der Waals surface area (Å²) in [7, 11) is 0. The van der Waals surface area contributed by atoms with Gasteiger partial charge < -0.3 is 15.2 Å². The van der Waals surface area contributed by atoms with Gasteiger partial charge in [-0.15, -0.1) is 0 Å². The molecule has 0 radical (unpaired) electrons. The minimum absolute atomic E-state index is 0.108. The van der Waals surface area contributed by atoms with Crippen LogP contribution in [0.4, 0.5) is 0 Å². The van der Waals surface area contributed by atoms with Crippen molar-refractivity contribution in [3.05, 3.63) is 36.0 Å². The molecule has 0 aliphatic heterocycles. The molecule has 114 valence electrons. The Kier molecular flexibility index (Phi) is 5.39. The number of carbonyl (C=O) groups excluding carboxylic acids is 1. The second-order valence-corrected chi connectivity index (χ2v) is 5.60. The third kappa shape index (κ3) is 4.08. The molecule has 1 aromatic heterocycles. The fraction of sp³-hybridized carbons (Fsp3) is 0.471. The van der Waals surface area contributed by atoms with E-state index in [1.807, 2.05) is 6.92 Å². The Balaban J connectivity index is 2.17. The van der Waals surface area contributed by atoms with Gasteiger partial charge in [-0.1, -0.05) is 32.0 Å². The number of aryl methyl sites for hydroxylation is 1. The zero-order valence-electron chi connectivity index (χ0n) is 13.1. The molecule has 0 spiro atoms. The maximum Gasteiger partial charge on any atom is 0.221 e. The molecule has 2 N–H and O–H groups in total. The monoisotopic (exact) mass is 287 g/mol. The minimum Gasteiger partial charge on any atom is -0.356 e. The van der Waals surface area contributed by atoms with Crippen molar-refractivity contribution in [2.24, 2.45) is 0 Å². The molecule has 0 saturated carbocycles. The molecule has 0 atom stereocenters. The molecule has 4 heteroatoms. The molecule has 0 unspecified atom stereocenters. The summed E-state index contributed by atoms with van der Waals surface area (Å²) in [5.74, 6) is 0.108. The summed E-state index contributed by atoms with van der Waals surface area (Å²) in [6.45, 7) is 8.49. The van der Waals surface area contributed by atoms with Gasteiger partial charge in [0.2, 0.25) is 5.91 Å². The number of fused-ring (bicyclic) bond motifs is 1. The molecule has 1 heterocycles. The Morgan fingerprint density at radius 3 is 2.81 bits per heavy atom. The van der Waals surface area contributed by atoms with E-state index >= 15 is 0 Å². The summed E-state index contributed by atoms with van der Waals surface area (Å²) in [5.41, 5.74) is 2.51. The summed E-state index contributed by atoms with van der Waals surface area (Å²) >= 11 is 0. The van der Waals surface area contributed by atoms with Crippen LogP contribution in [0.2, 0.25) is 0 Å². The van der Waals surface area contributed by atoms with Crippen molar-refractivity contribution >= 4 is 16.8 Å². The molecular weight excluding hydrogens is 262 g/mol. The summed E-state index contributed by atoms with van der Waals surface area (Å²) in [4.78, 5) is 11.6. The van der Waals surface area contributed by atoms with Gasteiger partial charge >= 0.3 is 0 Å². The van der Waals surface area contributed by atoms with Crippen LogP contribution in [-0.2, 0) is 17.9 Å². The summed E-state index contributed by atoms with van der Waals surface area (Å²) < 4.78 is 2.18. The van der Waals surface area contributed by atoms with Gasteiger partial charge in [0.1, 0.15) is 0 Å². The van der Waals surface area contributed by atoms with Crippen LogP contribution in [0.15, 0.2) is 30.5 Å². The highest BCUT2D eigenvalue weighted by atomic mass is 16.1. The number of nitrogens with one attached hydrogen (secondary N) is 2. The molecule has 0 saturated heterocycles. The molecule has 2 rings (SSSR count). The van der Waals surface area contributed by atoms with Crippen LogP contribution >= 0.6 is 0 Å². The molecule has 0 aliphatic carbocycles.